The summed E-state index contributed by atoms with van der Waals surface area (Å²) in [6.45, 7) is 2.54. The van der Waals surface area contributed by atoms with Gasteiger partial charge in [-0.3, -0.25) is 14.8 Å². The molecular formula is C17H20F2N4O. The lowest BCUT2D eigenvalue weighted by Crippen LogP contribution is -2.33. The van der Waals surface area contributed by atoms with Crippen molar-refractivity contribution in [2.45, 2.75) is 25.8 Å². The van der Waals surface area contributed by atoms with Crippen LogP contribution in [0.2, 0.25) is 0 Å². The minimum Gasteiger partial charge on any atom is -0.324 e. The molecule has 1 aromatic heterocycles. The number of nitrogens with one attached hydrogen (secondary N) is 1. The molecule has 0 aliphatic heterocycles. The molecule has 2 aromatic rings. The second kappa shape index (κ2) is 8.44. The molecule has 1 heterocycles. The van der Waals surface area contributed by atoms with Crippen LogP contribution in [-0.2, 0) is 11.2 Å². The van der Waals surface area contributed by atoms with E-state index in [0.717, 1.165) is 24.2 Å². The highest BCUT2D eigenvalue weighted by Gasteiger charge is 2.13. The molecule has 0 saturated heterocycles. The summed E-state index contributed by atoms with van der Waals surface area (Å²) in [4.78, 5) is 22.2. The summed E-state index contributed by atoms with van der Waals surface area (Å²) in [5.41, 5.74) is 0.867. The summed E-state index contributed by atoms with van der Waals surface area (Å²) < 4.78 is 26.3. The van der Waals surface area contributed by atoms with E-state index in [4.69, 9.17) is 0 Å². The van der Waals surface area contributed by atoms with Gasteiger partial charge in [0.25, 0.3) is 0 Å². The van der Waals surface area contributed by atoms with Crippen LogP contribution >= 0.6 is 0 Å². The molecule has 1 amide bonds. The first-order valence-corrected chi connectivity index (χ1v) is 7.65. The molecule has 0 aliphatic rings. The van der Waals surface area contributed by atoms with Gasteiger partial charge < -0.3 is 10.2 Å². The Kier molecular flexibility index (Phi) is 6.31. The number of amides is 1. The molecule has 0 spiro atoms. The second-order valence-electron chi connectivity index (χ2n) is 5.65. The van der Waals surface area contributed by atoms with E-state index < -0.39 is 11.6 Å². The summed E-state index contributed by atoms with van der Waals surface area (Å²) in [7, 11) is 1.91. The Morgan fingerprint density at radius 2 is 2.12 bits per heavy atom. The van der Waals surface area contributed by atoms with Gasteiger partial charge in [0.15, 0.2) is 0 Å². The number of hydrogen-bond acceptors (Lipinski definition) is 4. The van der Waals surface area contributed by atoms with E-state index >= 15 is 0 Å². The Hall–Kier alpha value is -2.41. The normalized spacial score (nSPS) is 12.2. The van der Waals surface area contributed by atoms with Gasteiger partial charge in [-0.1, -0.05) is 0 Å². The Bertz CT molecular complexity index is 682. The number of likely N-dealkylation sites (N-methyl/N-ethyl adjacent to an activating group) is 1. The van der Waals surface area contributed by atoms with Crippen molar-refractivity contribution in [3.63, 3.8) is 0 Å². The van der Waals surface area contributed by atoms with Crippen LogP contribution in [0.1, 0.15) is 19.0 Å². The molecule has 0 bridgehead atoms. The average Bonchev–Trinajstić information content (AvgIpc) is 2.56. The van der Waals surface area contributed by atoms with Gasteiger partial charge in [0.1, 0.15) is 11.6 Å². The van der Waals surface area contributed by atoms with Crippen molar-refractivity contribution < 1.29 is 13.6 Å². The van der Waals surface area contributed by atoms with Gasteiger partial charge >= 0.3 is 0 Å². The number of aromatic nitrogens is 2. The monoisotopic (exact) mass is 334 g/mol. The molecule has 5 nitrogen and oxygen atoms in total. The number of rotatable bonds is 7. The third-order valence-electron chi connectivity index (χ3n) is 3.77. The number of hydrogen-bond donors (Lipinski definition) is 1. The maximum absolute atomic E-state index is 13.5. The predicted molar refractivity (Wildman–Crippen MR) is 87.4 cm³/mol. The van der Waals surface area contributed by atoms with Gasteiger partial charge in [-0.15, -0.1) is 0 Å². The number of carbonyl (C=O) groups excluding carboxylic acids is 1. The van der Waals surface area contributed by atoms with Gasteiger partial charge in [-0.05, 0) is 26.1 Å². The first-order valence-electron chi connectivity index (χ1n) is 7.65. The van der Waals surface area contributed by atoms with Crippen molar-refractivity contribution in [2.24, 2.45) is 0 Å². The van der Waals surface area contributed by atoms with Crippen LogP contribution in [0.3, 0.4) is 0 Å². The fourth-order valence-corrected chi connectivity index (χ4v) is 2.20. The van der Waals surface area contributed by atoms with Gasteiger partial charge in [0, 0.05) is 50.1 Å². The van der Waals surface area contributed by atoms with Crippen molar-refractivity contribution in [1.29, 1.82) is 0 Å². The van der Waals surface area contributed by atoms with Crippen molar-refractivity contribution in [2.75, 3.05) is 18.9 Å². The lowest BCUT2D eigenvalue weighted by atomic mass is 10.1. The second-order valence-corrected chi connectivity index (χ2v) is 5.65. The molecule has 1 N–H and O–H groups in total. The molecule has 0 radical (unpaired) electrons. The van der Waals surface area contributed by atoms with Crippen LogP contribution in [-0.4, -0.2) is 40.4 Å². The van der Waals surface area contributed by atoms with Gasteiger partial charge in [0.05, 0.1) is 11.4 Å². The summed E-state index contributed by atoms with van der Waals surface area (Å²) >= 11 is 0. The van der Waals surface area contributed by atoms with Crippen LogP contribution in [0.4, 0.5) is 14.5 Å². The highest BCUT2D eigenvalue weighted by atomic mass is 19.1. The summed E-state index contributed by atoms with van der Waals surface area (Å²) in [5.74, 6) is -1.78. The third kappa shape index (κ3) is 5.34. The van der Waals surface area contributed by atoms with E-state index in [0.29, 0.717) is 6.54 Å². The van der Waals surface area contributed by atoms with E-state index in [1.165, 1.54) is 6.07 Å². The molecule has 0 fully saturated rings. The minimum atomic E-state index is -0.785. The largest absolute Gasteiger partial charge is 0.324 e. The van der Waals surface area contributed by atoms with Crippen molar-refractivity contribution >= 4 is 11.6 Å². The smallest absolute Gasteiger partial charge is 0.225 e. The van der Waals surface area contributed by atoms with Crippen LogP contribution in [0.25, 0.3) is 0 Å². The Morgan fingerprint density at radius 3 is 2.79 bits per heavy atom. The van der Waals surface area contributed by atoms with E-state index in [1.54, 1.807) is 18.6 Å². The molecule has 0 aliphatic carbocycles. The van der Waals surface area contributed by atoms with Crippen molar-refractivity contribution in [3.05, 3.63) is 54.1 Å². The third-order valence-corrected chi connectivity index (χ3v) is 3.77. The van der Waals surface area contributed by atoms with Crippen LogP contribution in [0, 0.1) is 11.6 Å². The van der Waals surface area contributed by atoms with Crippen molar-refractivity contribution in [1.82, 2.24) is 14.9 Å². The Morgan fingerprint density at radius 1 is 1.33 bits per heavy atom. The average molecular weight is 334 g/mol. The van der Waals surface area contributed by atoms with Gasteiger partial charge in [-0.25, -0.2) is 8.78 Å². The molecule has 1 aromatic carbocycles. The lowest BCUT2D eigenvalue weighted by Gasteiger charge is -2.24. The maximum atomic E-state index is 13.5. The quantitative estimate of drug-likeness (QED) is 0.846. The lowest BCUT2D eigenvalue weighted by molar-refractivity contribution is -0.116. The summed E-state index contributed by atoms with van der Waals surface area (Å²) in [5, 5.41) is 2.45. The van der Waals surface area contributed by atoms with Gasteiger partial charge in [0.2, 0.25) is 5.91 Å². The zero-order valence-electron chi connectivity index (χ0n) is 13.7. The summed E-state index contributed by atoms with van der Waals surface area (Å²) in [6.07, 6.45) is 5.91. The SMILES string of the molecule is C[C@@H](Cc1cnccn1)N(C)CCC(=O)Nc1ccc(F)cc1F. The number of carbonyl (C=O) groups is 1. The standard InChI is InChI=1S/C17H20F2N4O/c1-12(9-14-11-20-6-7-21-14)23(2)8-5-17(24)22-16-4-3-13(18)10-15(16)19/h3-4,6-7,10-12H,5,8-9H2,1-2H3,(H,22,24)/t12-/m0/s1. The van der Waals surface area contributed by atoms with E-state index in [1.807, 2.05) is 18.9 Å². The molecule has 0 unspecified atom stereocenters. The number of nitrogens with zero attached hydrogens (tertiary/aromatic N) is 3. The fourth-order valence-electron chi connectivity index (χ4n) is 2.20. The zero-order valence-corrected chi connectivity index (χ0v) is 13.7. The van der Waals surface area contributed by atoms with Gasteiger partial charge in [-0.2, -0.15) is 0 Å². The first-order chi connectivity index (χ1) is 11.5. The first kappa shape index (κ1) is 17.9. The number of benzene rings is 1. The predicted octanol–water partition coefficient (Wildman–Crippen LogP) is 2.65. The maximum Gasteiger partial charge on any atom is 0.225 e. The summed E-state index contributed by atoms with van der Waals surface area (Å²) in [6, 6.07) is 3.23. The van der Waals surface area contributed by atoms with Crippen LogP contribution in [0.5, 0.6) is 0 Å². The molecule has 128 valence electrons. The molecular weight excluding hydrogens is 314 g/mol. The topological polar surface area (TPSA) is 58.1 Å². The fraction of sp³-hybridized carbons (Fsp3) is 0.353. The molecule has 7 heteroatoms. The highest BCUT2D eigenvalue weighted by molar-refractivity contribution is 5.90. The van der Waals surface area contributed by atoms with Crippen LogP contribution in [0.15, 0.2) is 36.8 Å². The Balaban J connectivity index is 1.80. The number of anilines is 1. The molecule has 0 saturated carbocycles. The Labute approximate surface area is 139 Å². The molecule has 24 heavy (non-hydrogen) atoms. The minimum absolute atomic E-state index is 0.0170. The molecule has 2 rings (SSSR count). The molecule has 1 atom stereocenters. The van der Waals surface area contributed by atoms with E-state index in [9.17, 15) is 13.6 Å². The van der Waals surface area contributed by atoms with Crippen LogP contribution < -0.4 is 5.32 Å². The number of halogens is 2. The highest BCUT2D eigenvalue weighted by Crippen LogP contribution is 2.15. The van der Waals surface area contributed by atoms with Crippen molar-refractivity contribution in [3.8, 4) is 0 Å². The van der Waals surface area contributed by atoms with E-state index in [-0.39, 0.29) is 24.1 Å². The zero-order chi connectivity index (χ0) is 17.5. The van der Waals surface area contributed by atoms with E-state index in [2.05, 4.69) is 15.3 Å².